The Morgan fingerprint density at radius 1 is 0.362 bits per heavy atom. The minimum Gasteiger partial charge on any atom is -0.780 e. The Hall–Kier alpha value is -2.68. The van der Waals surface area contributed by atoms with E-state index in [2.05, 4.69) is 69.8 Å². The van der Waals surface area contributed by atoms with Crippen LogP contribution in [0.4, 0.5) is 11.4 Å². The number of hydrogen-bond acceptors (Lipinski definition) is 6. The summed E-state index contributed by atoms with van der Waals surface area (Å²) in [5, 5.41) is 11.3. The van der Waals surface area contributed by atoms with Gasteiger partial charge in [0.1, 0.15) is 0 Å². The summed E-state index contributed by atoms with van der Waals surface area (Å²) in [7, 11) is 0. The fraction of sp³-hybridized carbons (Fsp3) is 0. The maximum absolute atomic E-state index is 6.08. The number of rotatable bonds is 10. The van der Waals surface area contributed by atoms with Crippen molar-refractivity contribution in [3.05, 3.63) is 170 Å². The first kappa shape index (κ1) is 37.1. The molecule has 4 N–H and O–H groups in total. The normalized spacial score (nSPS) is 10.9. The molecule has 0 spiro atoms. The first-order valence-electron chi connectivity index (χ1n) is 14.4. The monoisotopic (exact) mass is 907 g/mol. The van der Waals surface area contributed by atoms with Gasteiger partial charge in [0.25, 0.3) is 0 Å². The molecule has 0 saturated carbocycles. The van der Waals surface area contributed by atoms with Crippen molar-refractivity contribution in [1.82, 2.24) is 10.4 Å². The Morgan fingerprint density at radius 3 is 0.830 bits per heavy atom. The largest absolute Gasteiger partial charge is 0.780 e. The predicted octanol–water partition coefficient (Wildman–Crippen LogP) is 7.11. The Balaban J connectivity index is 0.000000208. The molecule has 243 valence electrons. The summed E-state index contributed by atoms with van der Waals surface area (Å²) in [6.07, 6.45) is -4.31. The average molecular weight is 908 g/mol. The van der Waals surface area contributed by atoms with Crippen LogP contribution in [-0.4, -0.2) is 0 Å². The minimum absolute atomic E-state index is 0. The molecule has 4 nitrogen and oxygen atoms in total. The average Bonchev–Trinajstić information content (AvgIpc) is 3.12. The zero-order valence-electron chi connectivity index (χ0n) is 25.0. The molecular formula is C36H32AuN4P2S4-2. The van der Waals surface area contributed by atoms with E-state index in [-0.39, 0.29) is 22.4 Å². The van der Waals surface area contributed by atoms with Crippen molar-refractivity contribution in [1.29, 1.82) is 0 Å². The first-order chi connectivity index (χ1) is 22.4. The number of hydrazine groups is 2. The molecule has 0 amide bonds. The molecule has 0 fully saturated rings. The fourth-order valence-electron chi connectivity index (χ4n) is 4.47. The molecule has 1 radical (unpaired) electrons. The number of benzene rings is 6. The Morgan fingerprint density at radius 2 is 0.596 bits per heavy atom. The van der Waals surface area contributed by atoms with Gasteiger partial charge in [0.2, 0.25) is 0 Å². The zero-order chi connectivity index (χ0) is 32.2. The van der Waals surface area contributed by atoms with Crippen molar-refractivity contribution < 1.29 is 22.4 Å². The first-order valence-corrected chi connectivity index (χ1v) is 20.8. The standard InChI is InChI=1S/2C18H17N2PS2.Au/c2*22-18-13-11-15(12-14-18)19-20-21(23,16-7-3-1-4-8-16)17-9-5-2-6-10-17;/h2*1-14,19,22H,(H,20,23);/p-2. The number of hydrogen-bond donors (Lipinski definition) is 4. The van der Waals surface area contributed by atoms with Crippen LogP contribution in [0.3, 0.4) is 0 Å². The van der Waals surface area contributed by atoms with Gasteiger partial charge in [0.15, 0.2) is 0 Å². The van der Waals surface area contributed by atoms with Crippen LogP contribution in [0.1, 0.15) is 0 Å². The van der Waals surface area contributed by atoms with Crippen molar-refractivity contribution in [3.8, 4) is 0 Å². The molecule has 0 bridgehead atoms. The topological polar surface area (TPSA) is 48.1 Å². The minimum atomic E-state index is -2.16. The summed E-state index contributed by atoms with van der Waals surface area (Å²) >= 11 is 22.4. The summed E-state index contributed by atoms with van der Waals surface area (Å²) in [5.41, 5.74) is 8.41. The second kappa shape index (κ2) is 18.2. The van der Waals surface area contributed by atoms with Gasteiger partial charge in [-0.25, -0.2) is 0 Å². The third-order valence-corrected chi connectivity index (χ3v) is 15.5. The van der Waals surface area contributed by atoms with Crippen LogP contribution < -0.4 is 42.5 Å². The molecule has 0 saturated heterocycles. The van der Waals surface area contributed by atoms with Gasteiger partial charge in [-0.05, 0) is 24.3 Å². The maximum atomic E-state index is 6.08. The van der Waals surface area contributed by atoms with Crippen LogP contribution in [0.15, 0.2) is 180 Å². The van der Waals surface area contributed by atoms with E-state index >= 15 is 0 Å². The number of nitrogens with one attached hydrogen (secondary N) is 4. The van der Waals surface area contributed by atoms with Crippen LogP contribution in [0.5, 0.6) is 0 Å². The second-order valence-electron chi connectivity index (χ2n) is 10.1. The molecule has 6 aromatic rings. The molecule has 6 aromatic carbocycles. The van der Waals surface area contributed by atoms with Gasteiger partial charge in [0, 0.05) is 55.0 Å². The van der Waals surface area contributed by atoms with E-state index in [1.54, 1.807) is 0 Å². The van der Waals surface area contributed by atoms with E-state index in [1.807, 2.05) is 121 Å². The zero-order valence-corrected chi connectivity index (χ0v) is 32.2. The Labute approximate surface area is 314 Å². The molecule has 0 aliphatic rings. The van der Waals surface area contributed by atoms with Crippen LogP contribution in [-0.2, 0) is 71.3 Å². The van der Waals surface area contributed by atoms with Crippen LogP contribution in [0, 0.1) is 0 Å². The second-order valence-corrected chi connectivity index (χ2v) is 19.3. The molecule has 0 aromatic heterocycles. The summed E-state index contributed by atoms with van der Waals surface area (Å²) < 4.78 is 0. The maximum Gasteiger partial charge on any atom is 0.0853 e. The van der Waals surface area contributed by atoms with Gasteiger partial charge in [-0.3, -0.25) is 0 Å². The van der Waals surface area contributed by atoms with E-state index in [0.717, 1.165) is 42.4 Å². The van der Waals surface area contributed by atoms with E-state index in [4.69, 9.17) is 48.9 Å². The van der Waals surface area contributed by atoms with Gasteiger partial charge >= 0.3 is 0 Å². The summed E-state index contributed by atoms with van der Waals surface area (Å²) in [4.78, 5) is 1.64. The summed E-state index contributed by atoms with van der Waals surface area (Å²) in [6.45, 7) is 0. The summed E-state index contributed by atoms with van der Waals surface area (Å²) in [5.74, 6) is 0. The molecule has 6 rings (SSSR count). The van der Waals surface area contributed by atoms with E-state index in [1.165, 1.54) is 0 Å². The molecule has 0 aliphatic heterocycles. The molecular weight excluding hydrogens is 876 g/mol. The molecule has 0 aliphatic carbocycles. The van der Waals surface area contributed by atoms with Crippen LogP contribution in [0.25, 0.3) is 0 Å². The Kier molecular flexibility index (Phi) is 14.4. The van der Waals surface area contributed by atoms with Crippen LogP contribution in [0.2, 0.25) is 0 Å². The molecule has 0 atom stereocenters. The van der Waals surface area contributed by atoms with Crippen molar-refractivity contribution in [2.75, 3.05) is 10.9 Å². The number of anilines is 2. The van der Waals surface area contributed by atoms with E-state index < -0.39 is 12.4 Å². The van der Waals surface area contributed by atoms with Gasteiger partial charge in [0.05, 0.1) is 12.4 Å². The molecule has 0 unspecified atom stereocenters. The molecule has 0 heterocycles. The SMILES string of the molecule is S=P(NNc1ccc([S-])cc1)(c1ccccc1)c1ccccc1.S=P(NNc1ccc([S-])cc1)(c1ccccc1)c1ccccc1.[Au]. The van der Waals surface area contributed by atoms with Gasteiger partial charge in [-0.15, -0.1) is 0 Å². The third kappa shape index (κ3) is 10.2. The van der Waals surface area contributed by atoms with E-state index in [9.17, 15) is 0 Å². The quantitative estimate of drug-likeness (QED) is 0.0503. The molecule has 47 heavy (non-hydrogen) atoms. The van der Waals surface area contributed by atoms with Crippen LogP contribution >= 0.6 is 12.4 Å². The van der Waals surface area contributed by atoms with Crippen molar-refractivity contribution in [3.63, 3.8) is 0 Å². The Bertz CT molecular complexity index is 1670. The van der Waals surface area contributed by atoms with Crippen molar-refractivity contribution in [2.45, 2.75) is 9.79 Å². The smallest absolute Gasteiger partial charge is 0.0853 e. The van der Waals surface area contributed by atoms with Gasteiger partial charge in [-0.1, -0.05) is 169 Å². The van der Waals surface area contributed by atoms with Gasteiger partial charge < -0.3 is 36.1 Å². The van der Waals surface area contributed by atoms with Gasteiger partial charge in [-0.2, -0.15) is 20.2 Å². The summed E-state index contributed by atoms with van der Waals surface area (Å²) in [6, 6.07) is 56.2. The van der Waals surface area contributed by atoms with Crippen molar-refractivity contribution in [2.24, 2.45) is 0 Å². The van der Waals surface area contributed by atoms with E-state index in [0.29, 0.717) is 0 Å². The molecule has 11 heteroatoms. The fourth-order valence-corrected chi connectivity index (χ4v) is 10.5. The van der Waals surface area contributed by atoms with Crippen molar-refractivity contribution >= 4 is 93.8 Å². The third-order valence-electron chi connectivity index (χ3n) is 6.90. The predicted molar refractivity (Wildman–Crippen MR) is 211 cm³/mol.